The summed E-state index contributed by atoms with van der Waals surface area (Å²) in [5, 5.41) is 56.4. The molecule has 0 radical (unpaired) electrons. The van der Waals surface area contributed by atoms with Gasteiger partial charge in [0.05, 0.1) is 19.8 Å². The van der Waals surface area contributed by atoms with Crippen molar-refractivity contribution in [3.05, 3.63) is 0 Å². The fourth-order valence-corrected chi connectivity index (χ4v) is 1.92. The Balaban J connectivity index is 3.00. The highest BCUT2D eigenvalue weighted by molar-refractivity contribution is 5.75. The van der Waals surface area contributed by atoms with Gasteiger partial charge in [0.15, 0.2) is 0 Å². The summed E-state index contributed by atoms with van der Waals surface area (Å²) in [4.78, 5) is 20.0. The average Bonchev–Trinajstić information content (AvgIpc) is 2.39. The van der Waals surface area contributed by atoms with E-state index in [1.54, 1.807) is 0 Å². The Morgan fingerprint density at radius 1 is 1.50 bits per heavy atom. The van der Waals surface area contributed by atoms with Gasteiger partial charge in [-0.3, -0.25) is 0 Å². The van der Waals surface area contributed by atoms with E-state index in [0.29, 0.717) is 0 Å². The molecule has 0 aliphatic carbocycles. The van der Waals surface area contributed by atoms with Gasteiger partial charge in [-0.15, -0.1) is 0 Å². The lowest BCUT2D eigenvalue weighted by Crippen LogP contribution is -2.63. The molecule has 1 unspecified atom stereocenters. The molecule has 1 rings (SSSR count). The van der Waals surface area contributed by atoms with Gasteiger partial charge in [0.25, 0.3) is 5.79 Å². The van der Waals surface area contributed by atoms with Crippen LogP contribution in [0.1, 0.15) is 6.42 Å². The van der Waals surface area contributed by atoms with Crippen molar-refractivity contribution in [2.45, 2.75) is 42.7 Å². The molecule has 6 atom stereocenters. The first-order valence-electron chi connectivity index (χ1n) is 5.75. The number of ether oxygens (including phenoxy) is 1. The van der Waals surface area contributed by atoms with Crippen molar-refractivity contribution in [3.63, 3.8) is 0 Å². The summed E-state index contributed by atoms with van der Waals surface area (Å²) >= 11 is 0. The van der Waals surface area contributed by atoms with Gasteiger partial charge in [0, 0.05) is 6.42 Å². The summed E-state index contributed by atoms with van der Waals surface area (Å²) in [5.74, 6) is -4.53. The first-order valence-corrected chi connectivity index (χ1v) is 5.75. The smallest absolute Gasteiger partial charge is 0.364 e. The van der Waals surface area contributed by atoms with E-state index in [-0.39, 0.29) is 0 Å². The number of carbonyl (C=O) groups is 1. The van der Waals surface area contributed by atoms with Crippen molar-refractivity contribution < 1.29 is 49.9 Å². The third-order valence-electron chi connectivity index (χ3n) is 2.98. The van der Waals surface area contributed by atoms with Crippen molar-refractivity contribution in [2.75, 3.05) is 13.7 Å². The summed E-state index contributed by atoms with van der Waals surface area (Å²) in [6.45, 7) is -0.845. The van der Waals surface area contributed by atoms with E-state index >= 15 is 0 Å². The Kier molecular flexibility index (Phi) is 5.79. The fraction of sp³-hybridized carbons (Fsp3) is 0.900. The predicted octanol–water partition coefficient (Wildman–Crippen LogP) is -3.43. The highest BCUT2D eigenvalue weighted by Crippen LogP contribution is 2.32. The second-order valence-corrected chi connectivity index (χ2v) is 4.41. The number of aliphatic hydroxyl groups is 5. The Labute approximate surface area is 113 Å². The van der Waals surface area contributed by atoms with Crippen molar-refractivity contribution in [2.24, 2.45) is 0 Å². The second-order valence-electron chi connectivity index (χ2n) is 4.41. The SMILES string of the molecule is COO[C@H]1[C@H]([C@H](O)[C@H](O)CO)OC(O)(C(=O)O)C[C@@H]1O. The molecule has 0 amide bonds. The lowest BCUT2D eigenvalue weighted by Gasteiger charge is -2.43. The summed E-state index contributed by atoms with van der Waals surface area (Å²) in [5.41, 5.74) is 0. The van der Waals surface area contributed by atoms with Gasteiger partial charge in [-0.1, -0.05) is 0 Å². The van der Waals surface area contributed by atoms with Crippen LogP contribution in [0.4, 0.5) is 0 Å². The highest BCUT2D eigenvalue weighted by atomic mass is 17.2. The highest BCUT2D eigenvalue weighted by Gasteiger charge is 2.54. The maximum Gasteiger partial charge on any atom is 0.364 e. The molecule has 1 aliphatic heterocycles. The third kappa shape index (κ3) is 3.42. The molecule has 1 aliphatic rings. The van der Waals surface area contributed by atoms with E-state index in [1.165, 1.54) is 0 Å². The van der Waals surface area contributed by atoms with Gasteiger partial charge in [0.1, 0.15) is 24.4 Å². The molecule has 0 aromatic rings. The number of hydrogen-bond acceptors (Lipinski definition) is 9. The summed E-state index contributed by atoms with van der Waals surface area (Å²) in [6, 6.07) is 0. The Hall–Kier alpha value is -0.850. The van der Waals surface area contributed by atoms with Crippen molar-refractivity contribution >= 4 is 5.97 Å². The van der Waals surface area contributed by atoms with Crippen molar-refractivity contribution in [1.29, 1.82) is 0 Å². The van der Waals surface area contributed by atoms with Crippen molar-refractivity contribution in [3.8, 4) is 0 Å². The standard InChI is InChI=1S/C10H18O10/c1-18-20-7-4(12)2-10(17,9(15)16)19-8(7)6(14)5(13)3-11/h4-8,11-14,17H,2-3H2,1H3,(H,15,16)/t4-,5+,6+,7+,8-,10?/m0/s1. The first kappa shape index (κ1) is 17.2. The molecule has 10 heteroatoms. The van der Waals surface area contributed by atoms with E-state index in [9.17, 15) is 25.2 Å². The molecular formula is C10H18O10. The van der Waals surface area contributed by atoms with Crippen LogP contribution in [0.15, 0.2) is 0 Å². The van der Waals surface area contributed by atoms with Crippen LogP contribution in [0.5, 0.6) is 0 Å². The van der Waals surface area contributed by atoms with Crippen LogP contribution in [0.25, 0.3) is 0 Å². The average molecular weight is 298 g/mol. The topological polar surface area (TPSA) is 166 Å². The number of carboxylic acids is 1. The molecule has 0 aromatic carbocycles. The number of rotatable bonds is 6. The van der Waals surface area contributed by atoms with E-state index in [0.717, 1.165) is 7.11 Å². The fourth-order valence-electron chi connectivity index (χ4n) is 1.92. The normalized spacial score (nSPS) is 37.4. The molecular weight excluding hydrogens is 280 g/mol. The molecule has 118 valence electrons. The third-order valence-corrected chi connectivity index (χ3v) is 2.98. The first-order chi connectivity index (χ1) is 9.26. The van der Waals surface area contributed by atoms with Gasteiger partial charge in [-0.25, -0.2) is 14.6 Å². The molecule has 0 spiro atoms. The zero-order valence-electron chi connectivity index (χ0n) is 10.6. The summed E-state index contributed by atoms with van der Waals surface area (Å²) in [6.07, 6.45) is -8.78. The Morgan fingerprint density at radius 2 is 2.10 bits per heavy atom. The van der Waals surface area contributed by atoms with E-state index in [4.69, 9.17) is 14.9 Å². The second kappa shape index (κ2) is 6.74. The minimum atomic E-state index is -2.76. The molecule has 1 saturated heterocycles. The molecule has 0 saturated carbocycles. The maximum absolute atomic E-state index is 10.9. The molecule has 6 N–H and O–H groups in total. The number of carboxylic acid groups (broad SMARTS) is 1. The lowest BCUT2D eigenvalue weighted by atomic mass is 9.91. The molecule has 1 heterocycles. The van der Waals surface area contributed by atoms with E-state index in [2.05, 4.69) is 9.78 Å². The van der Waals surface area contributed by atoms with Crippen LogP contribution >= 0.6 is 0 Å². The minimum Gasteiger partial charge on any atom is -0.477 e. The molecule has 0 aromatic heterocycles. The summed E-state index contributed by atoms with van der Waals surface area (Å²) in [7, 11) is 1.11. The van der Waals surface area contributed by atoms with E-state index in [1.807, 2.05) is 0 Å². The van der Waals surface area contributed by atoms with Crippen LogP contribution in [0.3, 0.4) is 0 Å². The monoisotopic (exact) mass is 298 g/mol. The summed E-state index contributed by atoms with van der Waals surface area (Å²) < 4.78 is 4.83. The largest absolute Gasteiger partial charge is 0.477 e. The zero-order chi connectivity index (χ0) is 15.5. The maximum atomic E-state index is 10.9. The van der Waals surface area contributed by atoms with Crippen LogP contribution in [0.2, 0.25) is 0 Å². The van der Waals surface area contributed by atoms with Gasteiger partial charge in [0.2, 0.25) is 0 Å². The number of aliphatic carboxylic acids is 1. The van der Waals surface area contributed by atoms with Gasteiger partial charge in [-0.2, -0.15) is 0 Å². The van der Waals surface area contributed by atoms with Gasteiger partial charge < -0.3 is 35.4 Å². The van der Waals surface area contributed by atoms with Crippen LogP contribution in [0, 0.1) is 0 Å². The minimum absolute atomic E-state index is 0.727. The Morgan fingerprint density at radius 3 is 2.55 bits per heavy atom. The Bertz CT molecular complexity index is 336. The molecule has 0 bridgehead atoms. The van der Waals surface area contributed by atoms with Crippen LogP contribution in [-0.4, -0.2) is 86.6 Å². The molecule has 1 fully saturated rings. The van der Waals surface area contributed by atoms with Gasteiger partial charge >= 0.3 is 5.97 Å². The van der Waals surface area contributed by atoms with E-state index < -0.39 is 55.3 Å². The van der Waals surface area contributed by atoms with Crippen molar-refractivity contribution in [1.82, 2.24) is 0 Å². The number of aliphatic hydroxyl groups excluding tert-OH is 4. The number of hydrogen-bond donors (Lipinski definition) is 6. The lowest BCUT2D eigenvalue weighted by molar-refractivity contribution is -0.389. The van der Waals surface area contributed by atoms with Crippen LogP contribution in [-0.2, 0) is 19.3 Å². The van der Waals surface area contributed by atoms with Crippen LogP contribution < -0.4 is 0 Å². The predicted molar refractivity (Wildman–Crippen MR) is 59.1 cm³/mol. The van der Waals surface area contributed by atoms with Gasteiger partial charge in [-0.05, 0) is 0 Å². The quantitative estimate of drug-likeness (QED) is 0.214. The zero-order valence-corrected chi connectivity index (χ0v) is 10.6. The molecule has 20 heavy (non-hydrogen) atoms. The molecule has 10 nitrogen and oxygen atoms in total.